The van der Waals surface area contributed by atoms with E-state index >= 15 is 0 Å². The summed E-state index contributed by atoms with van der Waals surface area (Å²) >= 11 is 0. The van der Waals surface area contributed by atoms with E-state index in [1.165, 1.54) is 0 Å². The van der Waals surface area contributed by atoms with Gasteiger partial charge in [-0.15, -0.1) is 0 Å². The molecule has 4 heterocycles. The molecule has 1 fully saturated rings. The molecule has 8 nitrogen and oxygen atoms in total. The number of halogens is 2. The summed E-state index contributed by atoms with van der Waals surface area (Å²) < 4.78 is 28.1. The number of carbonyl (C=O) groups is 1. The van der Waals surface area contributed by atoms with E-state index in [2.05, 4.69) is 25.4 Å². The van der Waals surface area contributed by atoms with Crippen LogP contribution in [0.2, 0.25) is 0 Å². The van der Waals surface area contributed by atoms with E-state index in [0.29, 0.717) is 29.1 Å². The number of fused-ring (bicyclic) bond motifs is 3. The van der Waals surface area contributed by atoms with E-state index in [1.807, 2.05) is 26.0 Å². The van der Waals surface area contributed by atoms with Gasteiger partial charge in [-0.2, -0.15) is 5.10 Å². The Morgan fingerprint density at radius 3 is 2.67 bits per heavy atom. The minimum absolute atomic E-state index is 0.174. The number of amides is 1. The van der Waals surface area contributed by atoms with E-state index in [0.717, 1.165) is 22.1 Å². The molecule has 2 N–H and O–H groups in total. The van der Waals surface area contributed by atoms with Gasteiger partial charge < -0.3 is 10.4 Å². The van der Waals surface area contributed by atoms with Gasteiger partial charge in [-0.3, -0.25) is 9.78 Å². The number of rotatable bonds is 5. The molecule has 0 bridgehead atoms. The number of aromatic nitrogens is 5. The van der Waals surface area contributed by atoms with E-state index in [4.69, 9.17) is 0 Å². The summed E-state index contributed by atoms with van der Waals surface area (Å²) in [6, 6.07) is 5.37. The van der Waals surface area contributed by atoms with Crippen LogP contribution < -0.4 is 5.32 Å². The molecule has 1 amide bonds. The topological polar surface area (TPSA) is 105 Å². The third-order valence-corrected chi connectivity index (χ3v) is 5.94. The Kier molecular flexibility index (Phi) is 4.86. The van der Waals surface area contributed by atoms with Crippen LogP contribution in [0.3, 0.4) is 0 Å². The Bertz CT molecular complexity index is 1420. The predicted molar refractivity (Wildman–Crippen MR) is 118 cm³/mol. The van der Waals surface area contributed by atoms with Crippen molar-refractivity contribution >= 4 is 28.3 Å². The molecule has 0 radical (unpaired) electrons. The monoisotopic (exact) mass is 452 g/mol. The number of aliphatic hydroxyl groups excluding tert-OH is 1. The molecule has 170 valence electrons. The molecule has 2 atom stereocenters. The Labute approximate surface area is 187 Å². The predicted octanol–water partition coefficient (Wildman–Crippen LogP) is 3.99. The van der Waals surface area contributed by atoms with Gasteiger partial charge in [-0.25, -0.2) is 23.3 Å². The maximum absolute atomic E-state index is 13.2. The lowest BCUT2D eigenvalue weighted by Gasteiger charge is -2.13. The molecule has 0 spiro atoms. The summed E-state index contributed by atoms with van der Waals surface area (Å²) in [4.78, 5) is 25.3. The van der Waals surface area contributed by atoms with Gasteiger partial charge in [0.15, 0.2) is 5.65 Å². The van der Waals surface area contributed by atoms with Crippen molar-refractivity contribution in [3.8, 4) is 11.1 Å². The van der Waals surface area contributed by atoms with Crippen LogP contribution >= 0.6 is 0 Å². The Hall–Kier alpha value is -3.53. The van der Waals surface area contributed by atoms with Gasteiger partial charge in [-0.05, 0) is 38.0 Å². The average molecular weight is 452 g/mol. The van der Waals surface area contributed by atoms with Crippen LogP contribution in [0, 0.1) is 19.8 Å². The summed E-state index contributed by atoms with van der Waals surface area (Å²) in [7, 11) is 0. The van der Waals surface area contributed by atoms with E-state index in [1.54, 1.807) is 29.9 Å². The van der Waals surface area contributed by atoms with Gasteiger partial charge >= 0.3 is 0 Å². The third kappa shape index (κ3) is 3.70. The fraction of sp³-hybridized carbons (Fsp3) is 0.348. The maximum Gasteiger partial charge on any atom is 0.260 e. The molecule has 10 heteroatoms. The van der Waals surface area contributed by atoms with Crippen LogP contribution in [-0.4, -0.2) is 41.5 Å². The van der Waals surface area contributed by atoms with E-state index < -0.39 is 30.3 Å². The first-order valence-electron chi connectivity index (χ1n) is 10.7. The molecule has 5 rings (SSSR count). The second kappa shape index (κ2) is 7.51. The number of nitrogens with zero attached hydrogens (tertiary/aromatic N) is 5. The van der Waals surface area contributed by atoms with Gasteiger partial charge in [0.1, 0.15) is 17.6 Å². The highest BCUT2D eigenvalue weighted by molar-refractivity contribution is 5.97. The lowest BCUT2D eigenvalue weighted by molar-refractivity contribution is -0.119. The van der Waals surface area contributed by atoms with Crippen molar-refractivity contribution in [2.24, 2.45) is 5.92 Å². The Morgan fingerprint density at radius 1 is 1.24 bits per heavy atom. The summed E-state index contributed by atoms with van der Waals surface area (Å²) in [5.74, 6) is -4.28. The highest BCUT2D eigenvalue weighted by Gasteiger charge is 2.61. The minimum atomic E-state index is -2.94. The lowest BCUT2D eigenvalue weighted by Crippen LogP contribution is -2.18. The van der Waals surface area contributed by atoms with Crippen molar-refractivity contribution in [3.05, 3.63) is 47.7 Å². The lowest BCUT2D eigenvalue weighted by atomic mass is 10.0. The molecule has 1 saturated carbocycles. The molecule has 4 aromatic heterocycles. The van der Waals surface area contributed by atoms with Gasteiger partial charge in [0.2, 0.25) is 5.91 Å². The summed E-state index contributed by atoms with van der Waals surface area (Å²) in [6.07, 6.45) is 2.78. The summed E-state index contributed by atoms with van der Waals surface area (Å²) in [5.41, 5.74) is 4.39. The van der Waals surface area contributed by atoms with Crippen molar-refractivity contribution < 1.29 is 18.7 Å². The SMILES string of the molecule is CC[C@H](O)c1cc(C)c(-c2cc3cnc(NC(=O)C4CC4(F)F)cc3n3nc(C)nc23)cn1. The summed E-state index contributed by atoms with van der Waals surface area (Å²) in [6.45, 7) is 5.60. The van der Waals surface area contributed by atoms with Crippen molar-refractivity contribution in [1.29, 1.82) is 0 Å². The molecule has 33 heavy (non-hydrogen) atoms. The molecule has 1 aliphatic rings. The quantitative estimate of drug-likeness (QED) is 0.474. The standard InChI is InChI=1S/C23H22F2N6O2/c1-4-19(32)17-5-11(2)15(10-26-17)14-6-13-9-27-20(29-22(33)16-8-23(16,24)25)7-18(13)31-21(14)28-12(3)30-31/h5-7,9-10,16,19,32H,4,8H2,1-3H3,(H,27,29,33)/t16?,19-/m0/s1. The van der Waals surface area contributed by atoms with Gasteiger partial charge in [0, 0.05) is 41.4 Å². The van der Waals surface area contributed by atoms with Gasteiger partial charge in [0.05, 0.1) is 17.3 Å². The van der Waals surface area contributed by atoms with E-state index in [-0.39, 0.29) is 5.82 Å². The highest BCUT2D eigenvalue weighted by Crippen LogP contribution is 2.49. The molecular weight excluding hydrogens is 430 g/mol. The Balaban J connectivity index is 1.59. The first kappa shape index (κ1) is 21.3. The fourth-order valence-electron chi connectivity index (χ4n) is 3.96. The second-order valence-electron chi connectivity index (χ2n) is 8.44. The molecular formula is C23H22F2N6O2. The number of alkyl halides is 2. The summed E-state index contributed by atoms with van der Waals surface area (Å²) in [5, 5.41) is 17.8. The third-order valence-electron chi connectivity index (χ3n) is 5.94. The zero-order valence-corrected chi connectivity index (χ0v) is 18.3. The number of aliphatic hydroxyl groups is 1. The minimum Gasteiger partial charge on any atom is -0.387 e. The first-order valence-corrected chi connectivity index (χ1v) is 10.7. The largest absolute Gasteiger partial charge is 0.387 e. The average Bonchev–Trinajstić information content (AvgIpc) is 3.24. The number of carbonyl (C=O) groups excluding carboxylic acids is 1. The van der Waals surface area contributed by atoms with Crippen LogP contribution in [0.15, 0.2) is 30.6 Å². The van der Waals surface area contributed by atoms with Crippen LogP contribution in [0.4, 0.5) is 14.6 Å². The fourth-order valence-corrected chi connectivity index (χ4v) is 3.96. The van der Waals surface area contributed by atoms with Crippen LogP contribution in [0.5, 0.6) is 0 Å². The van der Waals surface area contributed by atoms with Crippen molar-refractivity contribution in [3.63, 3.8) is 0 Å². The zero-order valence-electron chi connectivity index (χ0n) is 18.3. The van der Waals surface area contributed by atoms with Crippen molar-refractivity contribution in [2.45, 2.75) is 45.6 Å². The molecule has 0 aromatic carbocycles. The molecule has 0 saturated heterocycles. The molecule has 1 aliphatic carbocycles. The van der Waals surface area contributed by atoms with Crippen LogP contribution in [0.25, 0.3) is 27.7 Å². The first-order chi connectivity index (χ1) is 15.7. The number of hydrogen-bond donors (Lipinski definition) is 2. The number of pyridine rings is 3. The van der Waals surface area contributed by atoms with Gasteiger partial charge in [-0.1, -0.05) is 6.92 Å². The van der Waals surface area contributed by atoms with Gasteiger partial charge in [0.25, 0.3) is 5.92 Å². The van der Waals surface area contributed by atoms with Crippen molar-refractivity contribution in [1.82, 2.24) is 24.6 Å². The molecule has 1 unspecified atom stereocenters. The number of aryl methyl sites for hydroxylation is 2. The van der Waals surface area contributed by atoms with Crippen LogP contribution in [0.1, 0.15) is 43.0 Å². The number of hydrogen-bond acceptors (Lipinski definition) is 6. The maximum atomic E-state index is 13.2. The number of anilines is 1. The molecule has 0 aliphatic heterocycles. The second-order valence-corrected chi connectivity index (χ2v) is 8.44. The Morgan fingerprint density at radius 2 is 2.00 bits per heavy atom. The van der Waals surface area contributed by atoms with E-state index in [9.17, 15) is 18.7 Å². The highest BCUT2D eigenvalue weighted by atomic mass is 19.3. The molecule has 4 aromatic rings. The van der Waals surface area contributed by atoms with Crippen LogP contribution in [-0.2, 0) is 4.79 Å². The van der Waals surface area contributed by atoms with Crippen molar-refractivity contribution in [2.75, 3.05) is 5.32 Å². The smallest absolute Gasteiger partial charge is 0.260 e. The number of nitrogens with one attached hydrogen (secondary N) is 1. The normalized spacial score (nSPS) is 17.9. The zero-order chi connectivity index (χ0) is 23.5.